The molecular weight excluding hydrogens is 244 g/mol. The molecule has 1 rings (SSSR count). The molecule has 108 valence electrons. The standard InChI is InChI=1S/C14H24N2O3/c1-4-11(5-2)16(8-9-18-3)14(17)13-7-6-12(10-15)19-13/h6-7,11H,4-5,8-10,15H2,1-3H3. The molecule has 0 bridgehead atoms. The summed E-state index contributed by atoms with van der Waals surface area (Å²) in [5.74, 6) is 0.883. The normalized spacial score (nSPS) is 11.0. The van der Waals surface area contributed by atoms with Crippen LogP contribution in [0.3, 0.4) is 0 Å². The monoisotopic (exact) mass is 268 g/mol. The van der Waals surface area contributed by atoms with Crippen molar-refractivity contribution in [2.45, 2.75) is 39.3 Å². The van der Waals surface area contributed by atoms with Crippen LogP contribution in [0.4, 0.5) is 0 Å². The van der Waals surface area contributed by atoms with Crippen molar-refractivity contribution in [1.29, 1.82) is 0 Å². The van der Waals surface area contributed by atoms with Gasteiger partial charge in [0.2, 0.25) is 0 Å². The predicted octanol–water partition coefficient (Wildman–Crippen LogP) is 2.02. The number of methoxy groups -OCH3 is 1. The maximum Gasteiger partial charge on any atom is 0.289 e. The second-order valence-corrected chi connectivity index (χ2v) is 4.43. The van der Waals surface area contributed by atoms with Gasteiger partial charge in [-0.05, 0) is 25.0 Å². The van der Waals surface area contributed by atoms with Crippen LogP contribution in [0.15, 0.2) is 16.5 Å². The maximum atomic E-state index is 12.5. The number of amides is 1. The average molecular weight is 268 g/mol. The molecule has 1 heterocycles. The molecule has 0 aliphatic heterocycles. The Hall–Kier alpha value is -1.33. The Kier molecular flexibility index (Phi) is 6.59. The highest BCUT2D eigenvalue weighted by atomic mass is 16.5. The lowest BCUT2D eigenvalue weighted by Gasteiger charge is -2.29. The molecule has 5 nitrogen and oxygen atoms in total. The summed E-state index contributed by atoms with van der Waals surface area (Å²) < 4.78 is 10.5. The number of hydrogen-bond acceptors (Lipinski definition) is 4. The number of nitrogens with zero attached hydrogens (tertiary/aromatic N) is 1. The van der Waals surface area contributed by atoms with Crippen LogP contribution < -0.4 is 5.73 Å². The Morgan fingerprint density at radius 3 is 2.58 bits per heavy atom. The fourth-order valence-electron chi connectivity index (χ4n) is 2.11. The quantitative estimate of drug-likeness (QED) is 0.783. The van der Waals surface area contributed by atoms with Gasteiger partial charge in [-0.25, -0.2) is 0 Å². The van der Waals surface area contributed by atoms with Crippen LogP contribution in [-0.2, 0) is 11.3 Å². The maximum absolute atomic E-state index is 12.5. The van der Waals surface area contributed by atoms with Crippen molar-refractivity contribution in [3.05, 3.63) is 23.7 Å². The van der Waals surface area contributed by atoms with E-state index in [1.165, 1.54) is 0 Å². The number of hydrogen-bond donors (Lipinski definition) is 1. The Labute approximate surface area is 114 Å². The Morgan fingerprint density at radius 2 is 2.11 bits per heavy atom. The predicted molar refractivity (Wildman–Crippen MR) is 73.9 cm³/mol. The third-order valence-electron chi connectivity index (χ3n) is 3.25. The van der Waals surface area contributed by atoms with Crippen molar-refractivity contribution in [2.75, 3.05) is 20.3 Å². The molecule has 2 N–H and O–H groups in total. The van der Waals surface area contributed by atoms with Crippen LogP contribution in [-0.4, -0.2) is 37.1 Å². The molecule has 0 aliphatic carbocycles. The van der Waals surface area contributed by atoms with Crippen LogP contribution in [0.2, 0.25) is 0 Å². The van der Waals surface area contributed by atoms with Crippen LogP contribution in [0.25, 0.3) is 0 Å². The summed E-state index contributed by atoms with van der Waals surface area (Å²) in [6.07, 6.45) is 1.83. The SMILES string of the molecule is CCC(CC)N(CCOC)C(=O)c1ccc(CN)o1. The van der Waals surface area contributed by atoms with Gasteiger partial charge >= 0.3 is 0 Å². The second-order valence-electron chi connectivity index (χ2n) is 4.43. The van der Waals surface area contributed by atoms with E-state index in [4.69, 9.17) is 14.9 Å². The van der Waals surface area contributed by atoms with Gasteiger partial charge in [0.05, 0.1) is 13.2 Å². The molecule has 0 atom stereocenters. The number of carbonyl (C=O) groups is 1. The van der Waals surface area contributed by atoms with E-state index in [1.807, 2.05) is 4.90 Å². The lowest BCUT2D eigenvalue weighted by Crippen LogP contribution is -2.41. The third kappa shape index (κ3) is 4.08. The van der Waals surface area contributed by atoms with Crippen LogP contribution in [0, 0.1) is 0 Å². The molecule has 0 saturated heterocycles. The summed E-state index contributed by atoms with van der Waals surface area (Å²) in [6.45, 7) is 5.55. The van der Waals surface area contributed by atoms with E-state index in [9.17, 15) is 4.79 Å². The van der Waals surface area contributed by atoms with Gasteiger partial charge in [0.25, 0.3) is 5.91 Å². The summed E-state index contributed by atoms with van der Waals surface area (Å²) in [6, 6.07) is 3.63. The van der Waals surface area contributed by atoms with Gasteiger partial charge in [-0.1, -0.05) is 13.8 Å². The molecule has 0 radical (unpaired) electrons. The van der Waals surface area contributed by atoms with Crippen molar-refractivity contribution in [3.8, 4) is 0 Å². The van der Waals surface area contributed by atoms with Crippen molar-refractivity contribution in [2.24, 2.45) is 5.73 Å². The minimum atomic E-state index is -0.0922. The minimum absolute atomic E-state index is 0.0922. The molecule has 0 aromatic carbocycles. The Bertz CT molecular complexity index is 386. The Morgan fingerprint density at radius 1 is 1.42 bits per heavy atom. The number of furan rings is 1. The lowest BCUT2D eigenvalue weighted by molar-refractivity contribution is 0.0557. The number of carbonyl (C=O) groups excluding carboxylic acids is 1. The fraction of sp³-hybridized carbons (Fsp3) is 0.643. The van der Waals surface area contributed by atoms with Crippen molar-refractivity contribution in [3.63, 3.8) is 0 Å². The summed E-state index contributed by atoms with van der Waals surface area (Å²) >= 11 is 0. The molecule has 0 spiro atoms. The first kappa shape index (κ1) is 15.7. The number of ether oxygens (including phenoxy) is 1. The van der Waals surface area contributed by atoms with Crippen molar-refractivity contribution >= 4 is 5.91 Å². The smallest absolute Gasteiger partial charge is 0.289 e. The fourth-order valence-corrected chi connectivity index (χ4v) is 2.11. The molecule has 0 aliphatic rings. The molecule has 0 saturated carbocycles. The highest BCUT2D eigenvalue weighted by Gasteiger charge is 2.24. The summed E-state index contributed by atoms with van der Waals surface area (Å²) in [4.78, 5) is 14.3. The second kappa shape index (κ2) is 7.96. The summed E-state index contributed by atoms with van der Waals surface area (Å²) in [5, 5.41) is 0. The first-order valence-corrected chi connectivity index (χ1v) is 6.76. The van der Waals surface area contributed by atoms with Crippen molar-refractivity contribution in [1.82, 2.24) is 4.90 Å². The minimum Gasteiger partial charge on any atom is -0.455 e. The number of rotatable bonds is 8. The molecule has 0 fully saturated rings. The zero-order valence-corrected chi connectivity index (χ0v) is 12.0. The highest BCUT2D eigenvalue weighted by Crippen LogP contribution is 2.15. The van der Waals surface area contributed by atoms with Crippen LogP contribution >= 0.6 is 0 Å². The molecule has 5 heteroatoms. The third-order valence-corrected chi connectivity index (χ3v) is 3.25. The topological polar surface area (TPSA) is 68.7 Å². The first-order valence-electron chi connectivity index (χ1n) is 6.76. The zero-order valence-electron chi connectivity index (χ0n) is 12.0. The van der Waals surface area contributed by atoms with Crippen molar-refractivity contribution < 1.29 is 13.9 Å². The van der Waals surface area contributed by atoms with Gasteiger partial charge in [-0.2, -0.15) is 0 Å². The van der Waals surface area contributed by atoms with Gasteiger partial charge in [0.1, 0.15) is 5.76 Å². The van der Waals surface area contributed by atoms with E-state index in [2.05, 4.69) is 13.8 Å². The van der Waals surface area contributed by atoms with Gasteiger partial charge in [0, 0.05) is 19.7 Å². The molecule has 1 aromatic rings. The van der Waals surface area contributed by atoms with E-state index in [1.54, 1.807) is 19.2 Å². The lowest BCUT2D eigenvalue weighted by atomic mass is 10.1. The summed E-state index contributed by atoms with van der Waals surface area (Å²) in [7, 11) is 1.63. The zero-order chi connectivity index (χ0) is 14.3. The van der Waals surface area contributed by atoms with Gasteiger partial charge in [-0.3, -0.25) is 4.79 Å². The Balaban J connectivity index is 2.85. The largest absolute Gasteiger partial charge is 0.455 e. The molecule has 1 amide bonds. The van der Waals surface area contributed by atoms with E-state index in [0.717, 1.165) is 12.8 Å². The molecular formula is C14H24N2O3. The van der Waals surface area contributed by atoms with E-state index in [-0.39, 0.29) is 11.9 Å². The highest BCUT2D eigenvalue weighted by molar-refractivity contribution is 5.91. The molecule has 0 unspecified atom stereocenters. The average Bonchev–Trinajstić information content (AvgIpc) is 2.91. The van der Waals surface area contributed by atoms with Gasteiger partial charge in [0.15, 0.2) is 5.76 Å². The van der Waals surface area contributed by atoms with Crippen LogP contribution in [0.5, 0.6) is 0 Å². The summed E-state index contributed by atoms with van der Waals surface area (Å²) in [5.41, 5.74) is 5.49. The molecule has 1 aromatic heterocycles. The van der Waals surface area contributed by atoms with Crippen LogP contribution in [0.1, 0.15) is 43.0 Å². The number of nitrogens with two attached hydrogens (primary N) is 1. The van der Waals surface area contributed by atoms with E-state index < -0.39 is 0 Å². The first-order chi connectivity index (χ1) is 9.17. The van der Waals surface area contributed by atoms with E-state index in [0.29, 0.717) is 31.2 Å². The van der Waals surface area contributed by atoms with Gasteiger partial charge < -0.3 is 19.8 Å². The van der Waals surface area contributed by atoms with E-state index >= 15 is 0 Å². The molecule has 19 heavy (non-hydrogen) atoms. The van der Waals surface area contributed by atoms with Gasteiger partial charge in [-0.15, -0.1) is 0 Å².